The van der Waals surface area contributed by atoms with Gasteiger partial charge in [0.2, 0.25) is 0 Å². The minimum atomic E-state index is 0.0292. The molecule has 2 rings (SSSR count). The fourth-order valence-electron chi connectivity index (χ4n) is 2.20. The van der Waals surface area contributed by atoms with Gasteiger partial charge in [-0.15, -0.1) is 0 Å². The highest BCUT2D eigenvalue weighted by molar-refractivity contribution is 14.1. The average molecular weight is 350 g/mol. The highest BCUT2D eigenvalue weighted by Crippen LogP contribution is 2.34. The van der Waals surface area contributed by atoms with Gasteiger partial charge in [-0.2, -0.15) is 11.8 Å². The molecule has 1 heterocycles. The van der Waals surface area contributed by atoms with Gasteiger partial charge in [0.1, 0.15) is 5.82 Å². The number of halogens is 1. The number of thioether (sulfide) groups is 1. The van der Waals surface area contributed by atoms with Crippen molar-refractivity contribution < 1.29 is 0 Å². The SMILES string of the molecule is CSCc1nc(C2CCCC2)c(I)c(=O)[nH]1. The summed E-state index contributed by atoms with van der Waals surface area (Å²) < 4.78 is 0.786. The van der Waals surface area contributed by atoms with E-state index < -0.39 is 0 Å². The summed E-state index contributed by atoms with van der Waals surface area (Å²) in [4.78, 5) is 19.2. The third-order valence-corrected chi connectivity index (χ3v) is 4.57. The molecular weight excluding hydrogens is 335 g/mol. The molecule has 0 unspecified atom stereocenters. The van der Waals surface area contributed by atoms with Gasteiger partial charge < -0.3 is 4.98 Å². The predicted molar refractivity (Wildman–Crippen MR) is 76.0 cm³/mol. The van der Waals surface area contributed by atoms with E-state index in [1.54, 1.807) is 11.8 Å². The Balaban J connectivity index is 2.37. The van der Waals surface area contributed by atoms with Crippen LogP contribution in [0.2, 0.25) is 0 Å². The highest BCUT2D eigenvalue weighted by atomic mass is 127. The lowest BCUT2D eigenvalue weighted by Crippen LogP contribution is -2.19. The monoisotopic (exact) mass is 350 g/mol. The Morgan fingerprint density at radius 1 is 1.50 bits per heavy atom. The topological polar surface area (TPSA) is 45.8 Å². The van der Waals surface area contributed by atoms with Crippen LogP contribution in [0.4, 0.5) is 0 Å². The molecule has 0 aromatic carbocycles. The van der Waals surface area contributed by atoms with Crippen LogP contribution in [0, 0.1) is 3.57 Å². The molecule has 1 aliphatic carbocycles. The molecule has 1 aromatic heterocycles. The maximum absolute atomic E-state index is 11.8. The summed E-state index contributed by atoms with van der Waals surface area (Å²) >= 11 is 3.81. The largest absolute Gasteiger partial charge is 0.309 e. The van der Waals surface area contributed by atoms with Crippen LogP contribution < -0.4 is 5.56 Å². The normalized spacial score (nSPS) is 16.9. The summed E-state index contributed by atoms with van der Waals surface area (Å²) in [6, 6.07) is 0. The third kappa shape index (κ3) is 2.61. The molecule has 0 spiro atoms. The molecule has 1 fully saturated rings. The molecule has 5 heteroatoms. The van der Waals surface area contributed by atoms with Gasteiger partial charge in [-0.1, -0.05) is 12.8 Å². The average Bonchev–Trinajstić information content (AvgIpc) is 2.76. The Kier molecular flexibility index (Phi) is 4.29. The van der Waals surface area contributed by atoms with Gasteiger partial charge in [0.25, 0.3) is 5.56 Å². The van der Waals surface area contributed by atoms with Crippen molar-refractivity contribution in [2.45, 2.75) is 37.4 Å². The molecule has 3 nitrogen and oxygen atoms in total. The Bertz CT molecular complexity index is 426. The Morgan fingerprint density at radius 2 is 2.19 bits per heavy atom. The van der Waals surface area contributed by atoms with Crippen molar-refractivity contribution in [2.24, 2.45) is 0 Å². The first-order valence-corrected chi connectivity index (χ1v) is 7.97. The van der Waals surface area contributed by atoms with Gasteiger partial charge >= 0.3 is 0 Å². The number of rotatable bonds is 3. The minimum absolute atomic E-state index is 0.0292. The van der Waals surface area contributed by atoms with Gasteiger partial charge in [-0.3, -0.25) is 4.79 Å². The van der Waals surface area contributed by atoms with Crippen molar-refractivity contribution >= 4 is 34.4 Å². The number of hydrogen-bond acceptors (Lipinski definition) is 3. The molecule has 88 valence electrons. The van der Waals surface area contributed by atoms with E-state index in [1.165, 1.54) is 25.7 Å². The van der Waals surface area contributed by atoms with E-state index in [9.17, 15) is 4.79 Å². The van der Waals surface area contributed by atoms with Gasteiger partial charge in [0.05, 0.1) is 15.0 Å². The lowest BCUT2D eigenvalue weighted by Gasteiger charge is -2.11. The molecule has 0 amide bonds. The Hall–Kier alpha value is -0.0400. The Labute approximate surface area is 113 Å². The number of H-pyrrole nitrogens is 1. The maximum atomic E-state index is 11.8. The van der Waals surface area contributed by atoms with Crippen molar-refractivity contribution in [3.8, 4) is 0 Å². The van der Waals surface area contributed by atoms with Gasteiger partial charge in [0.15, 0.2) is 0 Å². The summed E-state index contributed by atoms with van der Waals surface area (Å²) in [5.74, 6) is 2.11. The van der Waals surface area contributed by atoms with E-state index in [2.05, 4.69) is 32.6 Å². The second-order valence-corrected chi connectivity index (χ2v) is 6.07. The first-order valence-electron chi connectivity index (χ1n) is 5.50. The number of nitrogens with one attached hydrogen (secondary N) is 1. The molecule has 16 heavy (non-hydrogen) atoms. The zero-order valence-electron chi connectivity index (χ0n) is 9.25. The number of nitrogens with zero attached hydrogens (tertiary/aromatic N) is 1. The van der Waals surface area contributed by atoms with Crippen molar-refractivity contribution in [2.75, 3.05) is 6.26 Å². The Morgan fingerprint density at radius 3 is 2.81 bits per heavy atom. The van der Waals surface area contributed by atoms with Crippen LogP contribution in [0.15, 0.2) is 4.79 Å². The van der Waals surface area contributed by atoms with E-state index in [1.807, 2.05) is 6.26 Å². The van der Waals surface area contributed by atoms with Crippen LogP contribution in [-0.2, 0) is 5.75 Å². The van der Waals surface area contributed by atoms with E-state index in [0.717, 1.165) is 20.8 Å². The minimum Gasteiger partial charge on any atom is -0.309 e. The molecule has 0 bridgehead atoms. The molecule has 0 saturated heterocycles. The third-order valence-electron chi connectivity index (χ3n) is 2.96. The zero-order chi connectivity index (χ0) is 11.5. The first kappa shape index (κ1) is 12.4. The number of hydrogen-bond donors (Lipinski definition) is 1. The molecule has 0 radical (unpaired) electrons. The van der Waals surface area contributed by atoms with Crippen molar-refractivity contribution in [1.82, 2.24) is 9.97 Å². The number of aromatic amines is 1. The second kappa shape index (κ2) is 5.53. The van der Waals surface area contributed by atoms with Crippen LogP contribution >= 0.6 is 34.4 Å². The summed E-state index contributed by atoms with van der Waals surface area (Å²) in [6.45, 7) is 0. The van der Waals surface area contributed by atoms with Crippen LogP contribution in [-0.4, -0.2) is 16.2 Å². The van der Waals surface area contributed by atoms with E-state index >= 15 is 0 Å². The molecule has 1 aromatic rings. The standard InChI is InChI=1S/C11H15IN2OS/c1-16-6-8-13-10(7-4-2-3-5-7)9(12)11(15)14-8/h7H,2-6H2,1H3,(H,13,14,15). The lowest BCUT2D eigenvalue weighted by molar-refractivity contribution is 0.679. The van der Waals surface area contributed by atoms with Gasteiger partial charge in [-0.05, 0) is 41.7 Å². The van der Waals surface area contributed by atoms with E-state index in [-0.39, 0.29) is 5.56 Å². The second-order valence-electron chi connectivity index (χ2n) is 4.13. The van der Waals surface area contributed by atoms with Crippen molar-refractivity contribution in [3.05, 3.63) is 25.4 Å². The van der Waals surface area contributed by atoms with E-state index in [4.69, 9.17) is 0 Å². The summed E-state index contributed by atoms with van der Waals surface area (Å²) in [5, 5.41) is 0. The van der Waals surface area contributed by atoms with Crippen LogP contribution in [0.25, 0.3) is 0 Å². The highest BCUT2D eigenvalue weighted by Gasteiger charge is 2.22. The molecular formula is C11H15IN2OS. The molecule has 1 saturated carbocycles. The maximum Gasteiger partial charge on any atom is 0.264 e. The van der Waals surface area contributed by atoms with Crippen LogP contribution in [0.3, 0.4) is 0 Å². The predicted octanol–water partition coefficient (Wildman–Crippen LogP) is 2.90. The zero-order valence-corrected chi connectivity index (χ0v) is 12.2. The van der Waals surface area contributed by atoms with Gasteiger partial charge in [-0.25, -0.2) is 4.98 Å². The van der Waals surface area contributed by atoms with E-state index in [0.29, 0.717) is 5.92 Å². The lowest BCUT2D eigenvalue weighted by atomic mass is 10.0. The fourth-order valence-corrected chi connectivity index (χ4v) is 3.31. The van der Waals surface area contributed by atoms with Gasteiger partial charge in [0, 0.05) is 5.92 Å². The smallest absolute Gasteiger partial charge is 0.264 e. The summed E-state index contributed by atoms with van der Waals surface area (Å²) in [6.07, 6.45) is 6.93. The molecule has 1 N–H and O–H groups in total. The molecule has 0 aliphatic heterocycles. The summed E-state index contributed by atoms with van der Waals surface area (Å²) in [5.41, 5.74) is 1.06. The quantitative estimate of drug-likeness (QED) is 0.853. The first-order chi connectivity index (χ1) is 7.72. The van der Waals surface area contributed by atoms with Crippen molar-refractivity contribution in [3.63, 3.8) is 0 Å². The van der Waals surface area contributed by atoms with Crippen LogP contribution in [0.1, 0.15) is 43.1 Å². The number of aromatic nitrogens is 2. The summed E-state index contributed by atoms with van der Waals surface area (Å²) in [7, 11) is 0. The fraction of sp³-hybridized carbons (Fsp3) is 0.636. The van der Waals surface area contributed by atoms with Crippen LogP contribution in [0.5, 0.6) is 0 Å². The van der Waals surface area contributed by atoms with Crippen molar-refractivity contribution in [1.29, 1.82) is 0 Å². The molecule has 1 aliphatic rings. The molecule has 0 atom stereocenters.